The van der Waals surface area contributed by atoms with Crippen molar-refractivity contribution in [3.63, 3.8) is 0 Å². The van der Waals surface area contributed by atoms with Crippen LogP contribution in [0.1, 0.15) is 61.3 Å². The second-order valence-electron chi connectivity index (χ2n) is 12.7. The number of fused-ring (bicyclic) bond motifs is 4. The zero-order valence-electron chi connectivity index (χ0n) is 27.2. The van der Waals surface area contributed by atoms with Crippen LogP contribution < -0.4 is 25.8 Å². The number of nitro benzene ring substituents is 1. The van der Waals surface area contributed by atoms with Crippen molar-refractivity contribution in [1.29, 1.82) is 0 Å². The van der Waals surface area contributed by atoms with Crippen molar-refractivity contribution in [2.75, 3.05) is 62.5 Å². The number of hydrogen-bond acceptors (Lipinski definition) is 13. The first-order valence-corrected chi connectivity index (χ1v) is 15.8. The molecule has 47 heavy (non-hydrogen) atoms. The molecule has 4 N–H and O–H groups in total. The molecular weight excluding hydrogens is 610 g/mol. The summed E-state index contributed by atoms with van der Waals surface area (Å²) in [5.74, 6) is -0.700. The van der Waals surface area contributed by atoms with E-state index < -0.39 is 22.5 Å². The minimum Gasteiger partial charge on any atom is -0.490 e. The molecule has 0 spiro atoms. The Morgan fingerprint density at radius 3 is 2.06 bits per heavy atom. The number of anilines is 3. The van der Waals surface area contributed by atoms with E-state index in [-0.39, 0.29) is 72.7 Å². The smallest absolute Gasteiger partial charge is 0.338 e. The molecule has 5 rings (SSSR count). The van der Waals surface area contributed by atoms with E-state index in [1.165, 1.54) is 12.1 Å². The summed E-state index contributed by atoms with van der Waals surface area (Å²) in [5, 5.41) is 18.6. The summed E-state index contributed by atoms with van der Waals surface area (Å²) < 4.78 is 29.4. The first kappa shape index (κ1) is 33.8. The molecule has 2 fully saturated rings. The van der Waals surface area contributed by atoms with E-state index in [1.807, 2.05) is 6.08 Å². The van der Waals surface area contributed by atoms with Crippen molar-refractivity contribution in [1.82, 2.24) is 4.90 Å². The molecule has 14 heteroatoms. The fraction of sp³-hybridized carbons (Fsp3) is 0.515. The van der Waals surface area contributed by atoms with E-state index in [2.05, 4.69) is 15.5 Å². The second kappa shape index (κ2) is 14.5. The number of ether oxygens (including phenoxy) is 5. The summed E-state index contributed by atoms with van der Waals surface area (Å²) in [5.41, 5.74) is 6.69. The molecule has 14 nitrogen and oxygen atoms in total. The topological polar surface area (TPSA) is 177 Å². The molecule has 3 aliphatic heterocycles. The van der Waals surface area contributed by atoms with Crippen LogP contribution in [0.25, 0.3) is 0 Å². The van der Waals surface area contributed by atoms with Crippen LogP contribution in [0.3, 0.4) is 0 Å². The lowest BCUT2D eigenvalue weighted by molar-refractivity contribution is -0.384. The van der Waals surface area contributed by atoms with E-state index in [0.29, 0.717) is 36.9 Å². The molecule has 2 bridgehead atoms. The highest BCUT2D eigenvalue weighted by molar-refractivity contribution is 5.94. The first-order chi connectivity index (χ1) is 22.4. The number of nitrogens with two attached hydrogens (primary N) is 1. The summed E-state index contributed by atoms with van der Waals surface area (Å²) >= 11 is 0. The molecule has 254 valence electrons. The molecule has 2 unspecified atom stereocenters. The van der Waals surface area contributed by atoms with Gasteiger partial charge in [-0.2, -0.15) is 0 Å². The maximum Gasteiger partial charge on any atom is 0.338 e. The number of rotatable bonds is 5. The van der Waals surface area contributed by atoms with Crippen LogP contribution in [0.4, 0.5) is 22.7 Å². The van der Waals surface area contributed by atoms with Crippen LogP contribution >= 0.6 is 0 Å². The van der Waals surface area contributed by atoms with Gasteiger partial charge in [0.05, 0.1) is 47.6 Å². The number of esters is 2. The van der Waals surface area contributed by atoms with E-state index in [4.69, 9.17) is 29.4 Å². The SMILES string of the molecule is CCOC(=O)c1cc2c(c([N+](=O)[O-])c1)NC/C=C/CNc1c(N)cc(C(=O)OC(C)(C)C)cc1OC[C@H](N1C3CCC1COC3)CO2. The highest BCUT2D eigenvalue weighted by Gasteiger charge is 2.42. The van der Waals surface area contributed by atoms with Gasteiger partial charge in [0, 0.05) is 31.2 Å². The first-order valence-electron chi connectivity index (χ1n) is 15.8. The van der Waals surface area contributed by atoms with E-state index in [1.54, 1.807) is 45.9 Å². The van der Waals surface area contributed by atoms with Crippen molar-refractivity contribution in [3.8, 4) is 11.5 Å². The Hall–Kier alpha value is -4.56. The average molecular weight is 654 g/mol. The minimum absolute atomic E-state index is 0.00933. The van der Waals surface area contributed by atoms with Gasteiger partial charge in [-0.15, -0.1) is 0 Å². The molecular formula is C33H43N5O9. The Bertz CT molecular complexity index is 1510. The number of nitro groups is 1. The average Bonchev–Trinajstić information content (AvgIpc) is 3.24. The molecule has 0 aromatic heterocycles. The Kier molecular flexibility index (Phi) is 10.4. The third-order valence-electron chi connectivity index (χ3n) is 8.10. The molecule has 0 saturated carbocycles. The molecule has 0 amide bonds. The number of hydrogen-bond donors (Lipinski definition) is 3. The largest absolute Gasteiger partial charge is 0.490 e. The predicted molar refractivity (Wildman–Crippen MR) is 175 cm³/mol. The highest BCUT2D eigenvalue weighted by Crippen LogP contribution is 2.39. The van der Waals surface area contributed by atoms with Gasteiger partial charge >= 0.3 is 11.9 Å². The monoisotopic (exact) mass is 653 g/mol. The molecule has 0 aliphatic carbocycles. The number of nitrogens with zero attached hydrogens (tertiary/aromatic N) is 2. The molecule has 2 aromatic carbocycles. The quantitative estimate of drug-likeness (QED) is 0.136. The van der Waals surface area contributed by atoms with Crippen LogP contribution in [-0.2, 0) is 14.2 Å². The van der Waals surface area contributed by atoms with Crippen molar-refractivity contribution in [3.05, 3.63) is 57.7 Å². The van der Waals surface area contributed by atoms with Crippen LogP contribution in [-0.4, -0.2) is 91.6 Å². The lowest BCUT2D eigenvalue weighted by Gasteiger charge is -2.40. The van der Waals surface area contributed by atoms with Crippen LogP contribution in [0.2, 0.25) is 0 Å². The van der Waals surface area contributed by atoms with E-state index in [9.17, 15) is 19.7 Å². The summed E-state index contributed by atoms with van der Waals surface area (Å²) in [4.78, 5) is 39.7. The van der Waals surface area contributed by atoms with Crippen LogP contribution in [0, 0.1) is 10.1 Å². The molecule has 3 aliphatic rings. The van der Waals surface area contributed by atoms with Crippen LogP contribution in [0.15, 0.2) is 36.4 Å². The normalized spacial score (nSPS) is 22.3. The number of nitrogen functional groups attached to an aromatic ring is 1. The number of carbonyl (C=O) groups excluding carboxylic acids is 2. The predicted octanol–water partition coefficient (Wildman–Crippen LogP) is 4.39. The summed E-state index contributed by atoms with van der Waals surface area (Å²) in [6.45, 7) is 9.05. The van der Waals surface area contributed by atoms with Crippen molar-refractivity contribution >= 4 is 34.7 Å². The summed E-state index contributed by atoms with van der Waals surface area (Å²) in [7, 11) is 0. The fourth-order valence-corrected chi connectivity index (χ4v) is 6.10. The summed E-state index contributed by atoms with van der Waals surface area (Å²) in [6.07, 6.45) is 5.50. The minimum atomic E-state index is -0.703. The maximum absolute atomic E-state index is 13.0. The van der Waals surface area contributed by atoms with Crippen LogP contribution in [0.5, 0.6) is 11.5 Å². The van der Waals surface area contributed by atoms with Crippen molar-refractivity contribution < 1.29 is 38.2 Å². The third-order valence-corrected chi connectivity index (χ3v) is 8.10. The van der Waals surface area contributed by atoms with Gasteiger partial charge in [0.25, 0.3) is 5.69 Å². The standard InChI is InChI=1S/C33H43N5O9/c1-5-44-31(39)21-13-26(38(41)42)30-28(15-21)46-19-24(37-22-8-9-23(37)17-43-16-22)18-45-27-14-20(32(40)47-33(2,3)4)12-25(34)29(27)35-10-6-7-11-36-30/h6-7,12-15,22-24,35-36H,5,8-11,16-19,34H2,1-4H3/b7-6+/t22?,23?,24-/m0/s1. The van der Waals surface area contributed by atoms with Gasteiger partial charge in [0.15, 0.2) is 5.69 Å². The zero-order valence-corrected chi connectivity index (χ0v) is 27.2. The molecule has 2 saturated heterocycles. The van der Waals surface area contributed by atoms with E-state index >= 15 is 0 Å². The second-order valence-corrected chi connectivity index (χ2v) is 12.7. The van der Waals surface area contributed by atoms with Crippen molar-refractivity contribution in [2.24, 2.45) is 0 Å². The van der Waals surface area contributed by atoms with Gasteiger partial charge in [-0.3, -0.25) is 15.0 Å². The Balaban J connectivity index is 1.54. The third kappa shape index (κ3) is 8.06. The van der Waals surface area contributed by atoms with Gasteiger partial charge in [0.2, 0.25) is 0 Å². The summed E-state index contributed by atoms with van der Waals surface area (Å²) in [6, 6.07) is 5.76. The number of benzene rings is 2. The fourth-order valence-electron chi connectivity index (χ4n) is 6.10. The van der Waals surface area contributed by atoms with E-state index in [0.717, 1.165) is 12.8 Å². The number of carbonyl (C=O) groups is 2. The molecule has 3 heterocycles. The van der Waals surface area contributed by atoms with Gasteiger partial charge in [-0.1, -0.05) is 12.2 Å². The lowest BCUT2D eigenvalue weighted by atomic mass is 10.1. The van der Waals surface area contributed by atoms with Gasteiger partial charge < -0.3 is 40.1 Å². The lowest BCUT2D eigenvalue weighted by Crippen LogP contribution is -2.55. The Morgan fingerprint density at radius 1 is 0.915 bits per heavy atom. The number of nitrogens with one attached hydrogen (secondary N) is 2. The van der Waals surface area contributed by atoms with Crippen molar-refractivity contribution in [2.45, 2.75) is 64.3 Å². The zero-order chi connectivity index (χ0) is 33.7. The molecule has 2 aromatic rings. The Labute approximate surface area is 273 Å². The molecule has 3 atom stereocenters. The van der Waals surface area contributed by atoms with Gasteiger partial charge in [0.1, 0.15) is 36.0 Å². The molecule has 0 radical (unpaired) electrons. The van der Waals surface area contributed by atoms with Gasteiger partial charge in [-0.05, 0) is 58.7 Å². The van der Waals surface area contributed by atoms with Gasteiger partial charge in [-0.25, -0.2) is 9.59 Å². The maximum atomic E-state index is 13.0. The Morgan fingerprint density at radius 2 is 1.49 bits per heavy atom. The highest BCUT2D eigenvalue weighted by atomic mass is 16.6. The number of morpholine rings is 1.